The van der Waals surface area contributed by atoms with Gasteiger partial charge >= 0.3 is 0 Å². The molecule has 0 aliphatic carbocycles. The van der Waals surface area contributed by atoms with E-state index in [-0.39, 0.29) is 5.56 Å². The second-order valence-electron chi connectivity index (χ2n) is 4.60. The molecule has 17 heavy (non-hydrogen) atoms. The average molecular weight is 227 g/mol. The highest BCUT2D eigenvalue weighted by Gasteiger charge is 2.01. The van der Waals surface area contributed by atoms with Crippen molar-refractivity contribution in [2.75, 3.05) is 0 Å². The van der Waals surface area contributed by atoms with Gasteiger partial charge in [0.25, 0.3) is 5.56 Å². The number of hydrogen-bond acceptors (Lipinski definition) is 1. The highest BCUT2D eigenvalue weighted by atomic mass is 16.1. The van der Waals surface area contributed by atoms with Crippen LogP contribution in [0.5, 0.6) is 0 Å². The summed E-state index contributed by atoms with van der Waals surface area (Å²) in [6.07, 6.45) is 1.86. The molecule has 1 heterocycles. The van der Waals surface area contributed by atoms with Gasteiger partial charge in [-0.25, -0.2) is 0 Å². The van der Waals surface area contributed by atoms with Gasteiger partial charge in [-0.3, -0.25) is 4.79 Å². The van der Waals surface area contributed by atoms with E-state index >= 15 is 0 Å². The molecule has 1 aromatic carbocycles. The topological polar surface area (TPSA) is 22.0 Å². The average Bonchev–Trinajstić information content (AvgIpc) is 2.27. The molecule has 0 N–H and O–H groups in total. The molecule has 2 aromatic rings. The van der Waals surface area contributed by atoms with Gasteiger partial charge in [-0.15, -0.1) is 0 Å². The Morgan fingerprint density at radius 1 is 1.00 bits per heavy atom. The smallest absolute Gasteiger partial charge is 0.251 e. The van der Waals surface area contributed by atoms with E-state index in [1.54, 1.807) is 10.6 Å². The number of benzene rings is 1. The summed E-state index contributed by atoms with van der Waals surface area (Å²) >= 11 is 0. The number of hydrogen-bond donors (Lipinski definition) is 0. The quantitative estimate of drug-likeness (QED) is 0.773. The molecule has 0 unspecified atom stereocenters. The summed E-state index contributed by atoms with van der Waals surface area (Å²) in [5.41, 5.74) is 4.72. The van der Waals surface area contributed by atoms with Crippen molar-refractivity contribution in [1.82, 2.24) is 4.57 Å². The molecule has 0 atom stereocenters. The lowest BCUT2D eigenvalue weighted by atomic mass is 10.1. The normalized spacial score (nSPS) is 10.5. The Bertz CT molecular complexity index is 596. The summed E-state index contributed by atoms with van der Waals surface area (Å²) < 4.78 is 1.74. The molecule has 0 saturated heterocycles. The first-order valence-electron chi connectivity index (χ1n) is 5.79. The van der Waals surface area contributed by atoms with Gasteiger partial charge in [0.05, 0.1) is 6.54 Å². The number of pyridine rings is 1. The van der Waals surface area contributed by atoms with Crippen LogP contribution in [-0.2, 0) is 6.54 Å². The minimum Gasteiger partial charge on any atom is -0.311 e. The van der Waals surface area contributed by atoms with Crippen molar-refractivity contribution in [1.29, 1.82) is 0 Å². The lowest BCUT2D eigenvalue weighted by Gasteiger charge is -2.09. The van der Waals surface area contributed by atoms with E-state index in [4.69, 9.17) is 0 Å². The fourth-order valence-corrected chi connectivity index (χ4v) is 1.89. The minimum absolute atomic E-state index is 0.0610. The fraction of sp³-hybridized carbons (Fsp3) is 0.267. The zero-order chi connectivity index (χ0) is 12.4. The Morgan fingerprint density at radius 2 is 1.71 bits per heavy atom. The number of aromatic nitrogens is 1. The molecule has 0 bridgehead atoms. The first kappa shape index (κ1) is 11.6. The van der Waals surface area contributed by atoms with Crippen LogP contribution in [0.2, 0.25) is 0 Å². The Balaban J connectivity index is 2.38. The van der Waals surface area contributed by atoms with Crippen LogP contribution >= 0.6 is 0 Å². The molecule has 0 aliphatic rings. The summed E-state index contributed by atoms with van der Waals surface area (Å²) in [6.45, 7) is 6.73. The Kier molecular flexibility index (Phi) is 3.14. The van der Waals surface area contributed by atoms with Gasteiger partial charge in [-0.05, 0) is 43.5 Å². The molecule has 0 fully saturated rings. The lowest BCUT2D eigenvalue weighted by molar-refractivity contribution is 0.752. The zero-order valence-electron chi connectivity index (χ0n) is 10.5. The van der Waals surface area contributed by atoms with Crippen molar-refractivity contribution in [3.8, 4) is 0 Å². The third kappa shape index (κ3) is 2.64. The predicted octanol–water partition coefficient (Wildman–Crippen LogP) is 2.82. The van der Waals surface area contributed by atoms with Gasteiger partial charge in [0.1, 0.15) is 0 Å². The molecule has 2 rings (SSSR count). The Labute approximate surface area is 102 Å². The van der Waals surface area contributed by atoms with Gasteiger partial charge in [-0.1, -0.05) is 23.8 Å². The molecule has 88 valence electrons. The van der Waals surface area contributed by atoms with Crippen LogP contribution in [-0.4, -0.2) is 4.57 Å². The molecular formula is C15H17NO. The highest BCUT2D eigenvalue weighted by Crippen LogP contribution is 2.11. The largest absolute Gasteiger partial charge is 0.311 e. The van der Waals surface area contributed by atoms with Gasteiger partial charge < -0.3 is 4.57 Å². The summed E-state index contributed by atoms with van der Waals surface area (Å²) in [4.78, 5) is 11.8. The molecule has 2 heteroatoms. The van der Waals surface area contributed by atoms with E-state index in [1.165, 1.54) is 16.7 Å². The van der Waals surface area contributed by atoms with Gasteiger partial charge in [0, 0.05) is 12.3 Å². The Morgan fingerprint density at radius 3 is 2.41 bits per heavy atom. The lowest BCUT2D eigenvalue weighted by Crippen LogP contribution is -2.19. The molecule has 0 saturated carbocycles. The molecule has 0 radical (unpaired) electrons. The minimum atomic E-state index is 0.0610. The van der Waals surface area contributed by atoms with E-state index in [9.17, 15) is 4.79 Å². The van der Waals surface area contributed by atoms with Crippen LogP contribution in [0.25, 0.3) is 0 Å². The van der Waals surface area contributed by atoms with Crippen molar-refractivity contribution >= 4 is 0 Å². The maximum Gasteiger partial charge on any atom is 0.251 e. The second-order valence-corrected chi connectivity index (χ2v) is 4.60. The van der Waals surface area contributed by atoms with Crippen molar-refractivity contribution in [3.05, 3.63) is 69.1 Å². The first-order valence-corrected chi connectivity index (χ1v) is 5.79. The van der Waals surface area contributed by atoms with E-state index < -0.39 is 0 Å². The number of nitrogens with zero attached hydrogens (tertiary/aromatic N) is 1. The van der Waals surface area contributed by atoms with Crippen LogP contribution in [0.15, 0.2) is 41.3 Å². The second kappa shape index (κ2) is 4.58. The standard InChI is InChI=1S/C15H17NO/c1-11-4-5-13(3)14(8-11)10-16-7-6-12(2)9-15(16)17/h4-9H,10H2,1-3H3. The predicted molar refractivity (Wildman–Crippen MR) is 70.5 cm³/mol. The van der Waals surface area contributed by atoms with E-state index in [0.717, 1.165) is 5.56 Å². The summed E-state index contributed by atoms with van der Waals surface area (Å²) in [5, 5.41) is 0. The third-order valence-electron chi connectivity index (χ3n) is 3.00. The number of rotatable bonds is 2. The highest BCUT2D eigenvalue weighted by molar-refractivity contribution is 5.30. The number of aryl methyl sites for hydroxylation is 3. The van der Waals surface area contributed by atoms with Crippen molar-refractivity contribution in [3.63, 3.8) is 0 Å². The Hall–Kier alpha value is -1.83. The van der Waals surface area contributed by atoms with Gasteiger partial charge in [-0.2, -0.15) is 0 Å². The van der Waals surface area contributed by atoms with Crippen molar-refractivity contribution in [2.45, 2.75) is 27.3 Å². The first-order chi connectivity index (χ1) is 8.06. The van der Waals surface area contributed by atoms with Crippen LogP contribution in [0.1, 0.15) is 22.3 Å². The fourth-order valence-electron chi connectivity index (χ4n) is 1.89. The van der Waals surface area contributed by atoms with Gasteiger partial charge in [0.2, 0.25) is 0 Å². The van der Waals surface area contributed by atoms with Crippen LogP contribution < -0.4 is 5.56 Å². The summed E-state index contributed by atoms with van der Waals surface area (Å²) in [5.74, 6) is 0. The van der Waals surface area contributed by atoms with Crippen LogP contribution in [0.3, 0.4) is 0 Å². The van der Waals surface area contributed by atoms with E-state index in [2.05, 4.69) is 32.0 Å². The molecule has 1 aromatic heterocycles. The van der Waals surface area contributed by atoms with Crippen LogP contribution in [0.4, 0.5) is 0 Å². The maximum absolute atomic E-state index is 11.8. The van der Waals surface area contributed by atoms with Gasteiger partial charge in [0.15, 0.2) is 0 Å². The third-order valence-corrected chi connectivity index (χ3v) is 3.00. The van der Waals surface area contributed by atoms with E-state index in [0.29, 0.717) is 6.54 Å². The summed E-state index contributed by atoms with van der Waals surface area (Å²) in [6, 6.07) is 9.97. The molecule has 0 aliphatic heterocycles. The molecule has 0 amide bonds. The molecule has 2 nitrogen and oxygen atoms in total. The van der Waals surface area contributed by atoms with Crippen LogP contribution in [0, 0.1) is 20.8 Å². The molecular weight excluding hydrogens is 210 g/mol. The van der Waals surface area contributed by atoms with E-state index in [1.807, 2.05) is 19.2 Å². The monoisotopic (exact) mass is 227 g/mol. The molecule has 0 spiro atoms. The SMILES string of the molecule is Cc1ccc(C)c(Cn2ccc(C)cc2=O)c1. The van der Waals surface area contributed by atoms with Crippen molar-refractivity contribution < 1.29 is 0 Å². The maximum atomic E-state index is 11.8. The zero-order valence-corrected chi connectivity index (χ0v) is 10.5. The van der Waals surface area contributed by atoms with Crippen molar-refractivity contribution in [2.24, 2.45) is 0 Å². The summed E-state index contributed by atoms with van der Waals surface area (Å²) in [7, 11) is 0.